The van der Waals surface area contributed by atoms with Gasteiger partial charge in [-0.05, 0) is 0 Å². The topological polar surface area (TPSA) is 0 Å². The Morgan fingerprint density at radius 2 is 1.14 bits per heavy atom. The molecular weight excluding hydrogens is 178 g/mol. The Balaban J connectivity index is 2.52. The van der Waals surface area contributed by atoms with Crippen LogP contribution in [0, 0.1) is 0 Å². The van der Waals surface area contributed by atoms with Crippen LogP contribution in [0.25, 0.3) is 0 Å². The van der Waals surface area contributed by atoms with Gasteiger partial charge < -0.3 is 0 Å². The van der Waals surface area contributed by atoms with E-state index in [2.05, 4.69) is 0 Å². The van der Waals surface area contributed by atoms with Crippen LogP contribution in [0.5, 0.6) is 0 Å². The SMILES string of the molecule is Cl[C@@H]1[C@H](Cl)C1(Cl)Cl. The molecule has 0 saturated heterocycles. The van der Waals surface area contributed by atoms with Crippen LogP contribution < -0.4 is 0 Å². The first-order valence-electron chi connectivity index (χ1n) is 1.73. The van der Waals surface area contributed by atoms with Crippen molar-refractivity contribution in [2.45, 2.75) is 15.1 Å². The molecule has 1 fully saturated rings. The first-order valence-corrected chi connectivity index (χ1v) is 3.35. The van der Waals surface area contributed by atoms with Gasteiger partial charge in [0.15, 0.2) is 4.33 Å². The zero-order valence-electron chi connectivity index (χ0n) is 3.17. The molecule has 2 atom stereocenters. The Bertz CT molecular complexity index is 78.9. The molecule has 0 radical (unpaired) electrons. The van der Waals surface area contributed by atoms with Gasteiger partial charge in [0, 0.05) is 0 Å². The molecular formula is C3H2Cl4. The lowest BCUT2D eigenvalue weighted by atomic mass is 10.9. The fourth-order valence-corrected chi connectivity index (χ4v) is 1.48. The third kappa shape index (κ3) is 0.829. The fourth-order valence-electron chi connectivity index (χ4n) is 0.255. The highest BCUT2D eigenvalue weighted by atomic mass is 35.5. The molecule has 1 saturated carbocycles. The van der Waals surface area contributed by atoms with Gasteiger partial charge in [0.05, 0.1) is 10.8 Å². The van der Waals surface area contributed by atoms with Crippen molar-refractivity contribution < 1.29 is 0 Å². The van der Waals surface area contributed by atoms with Crippen LogP contribution in [0.2, 0.25) is 0 Å². The van der Waals surface area contributed by atoms with E-state index in [1.54, 1.807) is 0 Å². The van der Waals surface area contributed by atoms with E-state index in [9.17, 15) is 0 Å². The average Bonchev–Trinajstić information content (AvgIpc) is 1.91. The zero-order valence-corrected chi connectivity index (χ0v) is 6.19. The molecule has 0 nitrogen and oxygen atoms in total. The summed E-state index contributed by atoms with van der Waals surface area (Å²) in [5, 5.41) is -0.532. The highest BCUT2D eigenvalue weighted by Crippen LogP contribution is 2.54. The third-order valence-electron chi connectivity index (χ3n) is 0.883. The standard InChI is InChI=1S/C3H2Cl4/c4-1-2(5)3(1,6)7/h1-2H/t1-,2+. The van der Waals surface area contributed by atoms with Crippen LogP contribution in [0.15, 0.2) is 0 Å². The summed E-state index contributed by atoms with van der Waals surface area (Å²) in [6.45, 7) is 0. The maximum Gasteiger partial charge on any atom is 0.153 e. The van der Waals surface area contributed by atoms with Gasteiger partial charge in [0.1, 0.15) is 0 Å². The van der Waals surface area contributed by atoms with Crippen LogP contribution >= 0.6 is 46.4 Å². The number of hydrogen-bond acceptors (Lipinski definition) is 0. The second kappa shape index (κ2) is 1.57. The first kappa shape index (κ1) is 6.28. The highest BCUT2D eigenvalue weighted by molar-refractivity contribution is 6.62. The van der Waals surface area contributed by atoms with Crippen LogP contribution in [0.1, 0.15) is 0 Å². The molecule has 0 N–H and O–H groups in total. The van der Waals surface area contributed by atoms with Gasteiger partial charge in [-0.1, -0.05) is 23.2 Å². The molecule has 1 aliphatic carbocycles. The number of rotatable bonds is 0. The van der Waals surface area contributed by atoms with E-state index < -0.39 is 4.33 Å². The van der Waals surface area contributed by atoms with Crippen molar-refractivity contribution in [1.29, 1.82) is 0 Å². The Kier molecular flexibility index (Phi) is 1.41. The van der Waals surface area contributed by atoms with Gasteiger partial charge in [0.2, 0.25) is 0 Å². The van der Waals surface area contributed by atoms with E-state index in [1.807, 2.05) is 0 Å². The van der Waals surface area contributed by atoms with Gasteiger partial charge in [-0.25, -0.2) is 0 Å². The smallest absolute Gasteiger partial charge is 0.118 e. The van der Waals surface area contributed by atoms with Crippen molar-refractivity contribution in [3.05, 3.63) is 0 Å². The lowest BCUT2D eigenvalue weighted by molar-refractivity contribution is 1.36. The maximum atomic E-state index is 5.44. The third-order valence-corrected chi connectivity index (χ3v) is 3.59. The minimum Gasteiger partial charge on any atom is -0.118 e. The van der Waals surface area contributed by atoms with Gasteiger partial charge in [0.25, 0.3) is 0 Å². The van der Waals surface area contributed by atoms with Crippen molar-refractivity contribution in [3.8, 4) is 0 Å². The van der Waals surface area contributed by atoms with E-state index in [-0.39, 0.29) is 10.8 Å². The van der Waals surface area contributed by atoms with Crippen LogP contribution in [0.4, 0.5) is 0 Å². The fraction of sp³-hybridized carbons (Fsp3) is 1.00. The molecule has 0 aromatic carbocycles. The average molecular weight is 180 g/mol. The molecule has 0 unspecified atom stereocenters. The molecule has 0 aromatic rings. The van der Waals surface area contributed by atoms with Gasteiger partial charge >= 0.3 is 0 Å². The summed E-state index contributed by atoms with van der Waals surface area (Å²) in [6.07, 6.45) is 0. The minimum absolute atomic E-state index is 0.266. The predicted molar refractivity (Wildman–Crippen MR) is 33.7 cm³/mol. The van der Waals surface area contributed by atoms with Crippen LogP contribution in [-0.4, -0.2) is 15.1 Å². The quantitative estimate of drug-likeness (QED) is 0.502. The predicted octanol–water partition coefficient (Wildman–Crippen LogP) is 2.39. The molecule has 1 rings (SSSR count). The lowest BCUT2D eigenvalue weighted by Crippen LogP contribution is -1.87. The largest absolute Gasteiger partial charge is 0.153 e. The zero-order chi connectivity index (χ0) is 5.65. The molecule has 4 heteroatoms. The molecule has 0 amide bonds. The molecule has 42 valence electrons. The van der Waals surface area contributed by atoms with Crippen molar-refractivity contribution in [3.63, 3.8) is 0 Å². The van der Waals surface area contributed by atoms with Crippen molar-refractivity contribution >= 4 is 46.4 Å². The molecule has 7 heavy (non-hydrogen) atoms. The molecule has 1 aliphatic rings. The van der Waals surface area contributed by atoms with Gasteiger partial charge in [-0.15, -0.1) is 23.2 Å². The summed E-state index contributed by atoms with van der Waals surface area (Å²) in [7, 11) is 0. The van der Waals surface area contributed by atoms with Crippen molar-refractivity contribution in [2.24, 2.45) is 0 Å². The Hall–Kier alpha value is 1.16. The Morgan fingerprint density at radius 3 is 1.14 bits per heavy atom. The molecule has 0 bridgehead atoms. The molecule has 0 aliphatic heterocycles. The molecule has 0 heterocycles. The summed E-state index contributed by atoms with van der Waals surface area (Å²) in [5.74, 6) is 0. The van der Waals surface area contributed by atoms with E-state index >= 15 is 0 Å². The highest BCUT2D eigenvalue weighted by Gasteiger charge is 2.62. The Morgan fingerprint density at radius 1 is 1.00 bits per heavy atom. The normalized spacial score (nSPS) is 46.3. The summed E-state index contributed by atoms with van der Waals surface area (Å²) >= 11 is 21.8. The summed E-state index contributed by atoms with van der Waals surface area (Å²) in [4.78, 5) is 0. The first-order chi connectivity index (χ1) is 3.07. The second-order valence-corrected chi connectivity index (χ2v) is 3.86. The number of hydrogen-bond donors (Lipinski definition) is 0. The van der Waals surface area contributed by atoms with E-state index in [1.165, 1.54) is 0 Å². The molecule has 0 spiro atoms. The molecule has 0 aromatic heterocycles. The number of halogens is 4. The van der Waals surface area contributed by atoms with Crippen LogP contribution in [0.3, 0.4) is 0 Å². The summed E-state index contributed by atoms with van der Waals surface area (Å²) in [5.41, 5.74) is 0. The van der Waals surface area contributed by atoms with Crippen LogP contribution in [-0.2, 0) is 0 Å². The number of alkyl halides is 4. The Labute approximate surface area is 61.7 Å². The monoisotopic (exact) mass is 178 g/mol. The van der Waals surface area contributed by atoms with Crippen molar-refractivity contribution in [2.75, 3.05) is 0 Å². The van der Waals surface area contributed by atoms with E-state index in [4.69, 9.17) is 46.4 Å². The van der Waals surface area contributed by atoms with Crippen molar-refractivity contribution in [1.82, 2.24) is 0 Å². The van der Waals surface area contributed by atoms with Gasteiger partial charge in [-0.2, -0.15) is 0 Å². The maximum absolute atomic E-state index is 5.44. The van der Waals surface area contributed by atoms with E-state index in [0.717, 1.165) is 0 Å². The van der Waals surface area contributed by atoms with Gasteiger partial charge in [-0.3, -0.25) is 0 Å². The summed E-state index contributed by atoms with van der Waals surface area (Å²) < 4.78 is -0.858. The summed E-state index contributed by atoms with van der Waals surface area (Å²) in [6, 6.07) is 0. The second-order valence-electron chi connectivity index (χ2n) is 1.48. The minimum atomic E-state index is -0.858. The lowest BCUT2D eigenvalue weighted by Gasteiger charge is -1.84. The van der Waals surface area contributed by atoms with E-state index in [0.29, 0.717) is 0 Å².